The summed E-state index contributed by atoms with van der Waals surface area (Å²) in [6, 6.07) is 8.76. The zero-order valence-corrected chi connectivity index (χ0v) is 17.2. The van der Waals surface area contributed by atoms with Gasteiger partial charge in [-0.25, -0.2) is 8.42 Å². The number of rotatable bonds is 7. The molecule has 0 radical (unpaired) electrons. The molecule has 1 N–H and O–H groups in total. The number of hydrogen-bond acceptors (Lipinski definition) is 5. The second-order valence-electron chi connectivity index (χ2n) is 5.45. The van der Waals surface area contributed by atoms with Crippen LogP contribution in [-0.2, 0) is 14.8 Å². The number of benzene rings is 2. The fourth-order valence-electron chi connectivity index (χ4n) is 2.22. The van der Waals surface area contributed by atoms with Gasteiger partial charge in [-0.05, 0) is 30.3 Å². The molecule has 10 heteroatoms. The molecule has 0 aromatic heterocycles. The molecule has 0 fully saturated rings. The molecular formula is C17H18Cl2N2O5S. The highest BCUT2D eigenvalue weighted by atomic mass is 35.5. The van der Waals surface area contributed by atoms with Gasteiger partial charge in [0.15, 0.2) is 11.5 Å². The topological polar surface area (TPSA) is 84.9 Å². The number of carbonyl (C=O) groups excluding carboxylic acids is 1. The van der Waals surface area contributed by atoms with Crippen LogP contribution in [0.25, 0.3) is 0 Å². The average Bonchev–Trinajstić information content (AvgIpc) is 2.63. The Morgan fingerprint density at radius 1 is 1.07 bits per heavy atom. The van der Waals surface area contributed by atoms with E-state index in [9.17, 15) is 13.2 Å². The molecule has 0 atom stereocenters. The molecule has 0 aliphatic carbocycles. The number of halogens is 2. The molecule has 2 aromatic rings. The van der Waals surface area contributed by atoms with Crippen LogP contribution in [0.1, 0.15) is 0 Å². The van der Waals surface area contributed by atoms with Crippen molar-refractivity contribution < 1.29 is 22.7 Å². The third-order valence-electron chi connectivity index (χ3n) is 3.63. The van der Waals surface area contributed by atoms with Gasteiger partial charge in [0.05, 0.1) is 36.4 Å². The number of ether oxygens (including phenoxy) is 2. The first kappa shape index (κ1) is 21.3. The van der Waals surface area contributed by atoms with Crippen molar-refractivity contribution in [2.24, 2.45) is 0 Å². The lowest BCUT2D eigenvalue weighted by Crippen LogP contribution is -2.35. The summed E-state index contributed by atoms with van der Waals surface area (Å²) in [6.45, 7) is -0.407. The van der Waals surface area contributed by atoms with Crippen molar-refractivity contribution in [1.82, 2.24) is 4.31 Å². The van der Waals surface area contributed by atoms with Gasteiger partial charge in [0, 0.05) is 18.1 Å². The Labute approximate surface area is 167 Å². The monoisotopic (exact) mass is 432 g/mol. The normalized spacial score (nSPS) is 11.3. The second-order valence-corrected chi connectivity index (χ2v) is 8.34. The summed E-state index contributed by atoms with van der Waals surface area (Å²) < 4.78 is 36.6. The quantitative estimate of drug-likeness (QED) is 0.725. The fraction of sp³-hybridized carbons (Fsp3) is 0.235. The van der Waals surface area contributed by atoms with E-state index in [1.165, 1.54) is 51.6 Å². The van der Waals surface area contributed by atoms with E-state index in [1.807, 2.05) is 0 Å². The van der Waals surface area contributed by atoms with Gasteiger partial charge in [-0.2, -0.15) is 4.31 Å². The van der Waals surface area contributed by atoms with Crippen LogP contribution in [0.2, 0.25) is 10.0 Å². The number of amides is 1. The van der Waals surface area contributed by atoms with Crippen molar-refractivity contribution >= 4 is 44.8 Å². The zero-order valence-electron chi connectivity index (χ0n) is 14.8. The second kappa shape index (κ2) is 8.79. The molecule has 146 valence electrons. The Balaban J connectivity index is 2.16. The predicted molar refractivity (Wildman–Crippen MR) is 104 cm³/mol. The van der Waals surface area contributed by atoms with E-state index in [4.69, 9.17) is 32.7 Å². The zero-order chi connectivity index (χ0) is 20.2. The van der Waals surface area contributed by atoms with E-state index in [2.05, 4.69) is 5.32 Å². The summed E-state index contributed by atoms with van der Waals surface area (Å²) in [5.74, 6) is 0.115. The van der Waals surface area contributed by atoms with Crippen molar-refractivity contribution in [1.29, 1.82) is 0 Å². The van der Waals surface area contributed by atoms with E-state index < -0.39 is 22.5 Å². The Bertz CT molecular complexity index is 950. The van der Waals surface area contributed by atoms with E-state index in [1.54, 1.807) is 6.07 Å². The van der Waals surface area contributed by atoms with Crippen LogP contribution in [0.3, 0.4) is 0 Å². The highest BCUT2D eigenvalue weighted by Gasteiger charge is 2.24. The molecule has 0 saturated carbocycles. The molecule has 7 nitrogen and oxygen atoms in total. The molecule has 27 heavy (non-hydrogen) atoms. The molecule has 2 rings (SSSR count). The number of likely N-dealkylation sites (N-methyl/N-ethyl adjacent to an activating group) is 1. The lowest BCUT2D eigenvalue weighted by atomic mass is 10.3. The number of anilines is 1. The summed E-state index contributed by atoms with van der Waals surface area (Å²) in [5, 5.41) is 3.23. The fourth-order valence-corrected chi connectivity index (χ4v) is 3.82. The standard InChI is InChI=1S/C17H18Cl2N2O5S/c1-21(10-17(22)20-14-6-4-11(18)8-13(14)19)27(23,24)12-5-7-15(25-2)16(9-12)26-3/h4-9H,10H2,1-3H3,(H,20,22). The Morgan fingerprint density at radius 2 is 1.74 bits per heavy atom. The minimum absolute atomic E-state index is 0.0278. The number of nitrogens with zero attached hydrogens (tertiary/aromatic N) is 1. The molecule has 0 aliphatic rings. The van der Waals surface area contributed by atoms with Crippen LogP contribution >= 0.6 is 23.2 Å². The summed E-state index contributed by atoms with van der Waals surface area (Å²) in [6.07, 6.45) is 0. The first-order valence-electron chi connectivity index (χ1n) is 7.62. The SMILES string of the molecule is COc1ccc(S(=O)(=O)N(C)CC(=O)Nc2ccc(Cl)cc2Cl)cc1OC. The van der Waals surface area contributed by atoms with Gasteiger partial charge >= 0.3 is 0 Å². The Morgan fingerprint density at radius 3 is 2.33 bits per heavy atom. The smallest absolute Gasteiger partial charge is 0.243 e. The van der Waals surface area contributed by atoms with Gasteiger partial charge in [-0.3, -0.25) is 4.79 Å². The maximum Gasteiger partial charge on any atom is 0.243 e. The Kier molecular flexibility index (Phi) is 6.94. The molecule has 0 saturated heterocycles. The van der Waals surface area contributed by atoms with Gasteiger partial charge in [0.25, 0.3) is 0 Å². The number of methoxy groups -OCH3 is 2. The molecule has 0 bridgehead atoms. The van der Waals surface area contributed by atoms with Crippen LogP contribution in [0, 0.1) is 0 Å². The third-order valence-corrected chi connectivity index (χ3v) is 5.98. The van der Waals surface area contributed by atoms with Crippen LogP contribution < -0.4 is 14.8 Å². The minimum atomic E-state index is -3.92. The van der Waals surface area contributed by atoms with Gasteiger partial charge in [0.1, 0.15) is 0 Å². The predicted octanol–water partition coefficient (Wildman–Crippen LogP) is 3.27. The molecule has 0 unspecified atom stereocenters. The molecule has 1 amide bonds. The molecule has 2 aromatic carbocycles. The number of hydrogen-bond donors (Lipinski definition) is 1. The van der Waals surface area contributed by atoms with E-state index >= 15 is 0 Å². The van der Waals surface area contributed by atoms with Gasteiger partial charge in [-0.15, -0.1) is 0 Å². The molecule has 0 aliphatic heterocycles. The summed E-state index contributed by atoms with van der Waals surface area (Å²) in [4.78, 5) is 12.2. The maximum atomic E-state index is 12.7. The van der Waals surface area contributed by atoms with Gasteiger partial charge in [-0.1, -0.05) is 23.2 Å². The largest absolute Gasteiger partial charge is 0.493 e. The van der Waals surface area contributed by atoms with Crippen molar-refractivity contribution in [3.63, 3.8) is 0 Å². The van der Waals surface area contributed by atoms with Crippen LogP contribution in [-0.4, -0.2) is 46.4 Å². The van der Waals surface area contributed by atoms with Crippen LogP contribution in [0.5, 0.6) is 11.5 Å². The molecule has 0 spiro atoms. The van der Waals surface area contributed by atoms with Gasteiger partial charge < -0.3 is 14.8 Å². The minimum Gasteiger partial charge on any atom is -0.493 e. The first-order valence-corrected chi connectivity index (χ1v) is 9.82. The number of carbonyl (C=O) groups is 1. The van der Waals surface area contributed by atoms with Crippen molar-refractivity contribution in [3.05, 3.63) is 46.4 Å². The first-order chi connectivity index (χ1) is 12.7. The lowest BCUT2D eigenvalue weighted by Gasteiger charge is -2.18. The highest BCUT2D eigenvalue weighted by molar-refractivity contribution is 7.89. The molecular weight excluding hydrogens is 415 g/mol. The molecule has 0 heterocycles. The van der Waals surface area contributed by atoms with E-state index in [-0.39, 0.29) is 15.7 Å². The summed E-state index contributed by atoms with van der Waals surface area (Å²) in [5.41, 5.74) is 0.336. The van der Waals surface area contributed by atoms with Crippen LogP contribution in [0.15, 0.2) is 41.3 Å². The highest BCUT2D eigenvalue weighted by Crippen LogP contribution is 2.30. The maximum absolute atomic E-state index is 12.7. The van der Waals surface area contributed by atoms with E-state index in [0.29, 0.717) is 16.5 Å². The van der Waals surface area contributed by atoms with Gasteiger partial charge in [0.2, 0.25) is 15.9 Å². The van der Waals surface area contributed by atoms with E-state index in [0.717, 1.165) is 4.31 Å². The number of nitrogens with one attached hydrogen (secondary N) is 1. The average molecular weight is 433 g/mol. The Hall–Kier alpha value is -2.00. The van der Waals surface area contributed by atoms with Crippen LogP contribution in [0.4, 0.5) is 5.69 Å². The van der Waals surface area contributed by atoms with Crippen molar-refractivity contribution in [2.45, 2.75) is 4.90 Å². The summed E-state index contributed by atoms with van der Waals surface area (Å²) >= 11 is 11.8. The van der Waals surface area contributed by atoms with Crippen molar-refractivity contribution in [2.75, 3.05) is 33.1 Å². The van der Waals surface area contributed by atoms with Crippen molar-refractivity contribution in [3.8, 4) is 11.5 Å². The number of sulfonamides is 1. The lowest BCUT2D eigenvalue weighted by molar-refractivity contribution is -0.116. The third kappa shape index (κ3) is 5.04. The summed E-state index contributed by atoms with van der Waals surface area (Å²) in [7, 11) is 0.236.